The molecule has 1 aliphatic carbocycles. The van der Waals surface area contributed by atoms with E-state index in [1.165, 1.54) is 31.2 Å². The first-order valence-corrected chi connectivity index (χ1v) is 11.1. The molecule has 0 saturated heterocycles. The highest BCUT2D eigenvalue weighted by Crippen LogP contribution is 2.34. The van der Waals surface area contributed by atoms with Gasteiger partial charge >= 0.3 is 0 Å². The van der Waals surface area contributed by atoms with Crippen molar-refractivity contribution in [3.05, 3.63) is 42.4 Å². The number of imidazole rings is 1. The van der Waals surface area contributed by atoms with E-state index in [0.29, 0.717) is 12.0 Å². The molecule has 0 atom stereocenters. The molecule has 3 heterocycles. The molecule has 29 heavy (non-hydrogen) atoms. The molecule has 3 aromatic rings. The molecule has 0 radical (unpaired) electrons. The maximum absolute atomic E-state index is 12.9. The number of carbonyl (C=O) groups excluding carboxylic acids is 1. The van der Waals surface area contributed by atoms with E-state index in [1.54, 1.807) is 0 Å². The van der Waals surface area contributed by atoms with Gasteiger partial charge < -0.3 is 14.0 Å². The zero-order valence-corrected chi connectivity index (χ0v) is 17.5. The smallest absolute Gasteiger partial charge is 0.270 e. The molecule has 1 aromatic carbocycles. The number of nitrogens with zero attached hydrogens (tertiary/aromatic N) is 4. The van der Waals surface area contributed by atoms with E-state index in [0.717, 1.165) is 48.5 Å². The lowest BCUT2D eigenvalue weighted by Gasteiger charge is -2.30. The van der Waals surface area contributed by atoms with E-state index in [1.807, 2.05) is 17.3 Å². The summed E-state index contributed by atoms with van der Waals surface area (Å²) in [5.74, 6) is 0.776. The standard InChI is InChI=1S/C24H30N4O/c1-17(2)11-12-26-13-14-27-21(9-10-23(27)24(26)29)18-7-8-22-20(15-18)25-16-28(22)19-5-3-4-6-19/h7-10,15-17,19H,3-6,11-14H2,1-2H3. The zero-order valence-electron chi connectivity index (χ0n) is 17.5. The zero-order chi connectivity index (χ0) is 20.0. The average molecular weight is 391 g/mol. The Kier molecular flexibility index (Phi) is 4.69. The van der Waals surface area contributed by atoms with Crippen molar-refractivity contribution in [2.24, 2.45) is 5.92 Å². The number of rotatable bonds is 5. The second-order valence-corrected chi connectivity index (χ2v) is 9.02. The highest BCUT2D eigenvalue weighted by Gasteiger charge is 2.26. The third kappa shape index (κ3) is 3.26. The topological polar surface area (TPSA) is 43.1 Å². The van der Waals surface area contributed by atoms with Crippen LogP contribution in [0.5, 0.6) is 0 Å². The molecule has 1 aliphatic heterocycles. The van der Waals surface area contributed by atoms with Crippen molar-refractivity contribution in [3.63, 3.8) is 0 Å². The van der Waals surface area contributed by atoms with Crippen LogP contribution in [0.4, 0.5) is 0 Å². The van der Waals surface area contributed by atoms with Crippen molar-refractivity contribution in [1.29, 1.82) is 0 Å². The van der Waals surface area contributed by atoms with Crippen molar-refractivity contribution < 1.29 is 4.79 Å². The van der Waals surface area contributed by atoms with Crippen LogP contribution in [0.1, 0.15) is 62.5 Å². The van der Waals surface area contributed by atoms with Crippen molar-refractivity contribution in [1.82, 2.24) is 19.0 Å². The van der Waals surface area contributed by atoms with Crippen molar-refractivity contribution in [2.45, 2.75) is 58.5 Å². The Labute approximate surface area is 172 Å². The summed E-state index contributed by atoms with van der Waals surface area (Å²) >= 11 is 0. The maximum atomic E-state index is 12.9. The Morgan fingerprint density at radius 1 is 1.07 bits per heavy atom. The van der Waals surface area contributed by atoms with Crippen LogP contribution < -0.4 is 0 Å². The second-order valence-electron chi connectivity index (χ2n) is 9.02. The fraction of sp³-hybridized carbons (Fsp3) is 0.500. The summed E-state index contributed by atoms with van der Waals surface area (Å²) in [5.41, 5.74) is 5.34. The predicted molar refractivity (Wildman–Crippen MR) is 116 cm³/mol. The van der Waals surface area contributed by atoms with E-state index < -0.39 is 0 Å². The minimum Gasteiger partial charge on any atom is -0.336 e. The summed E-state index contributed by atoms with van der Waals surface area (Å²) in [7, 11) is 0. The summed E-state index contributed by atoms with van der Waals surface area (Å²) in [4.78, 5) is 19.6. The summed E-state index contributed by atoms with van der Waals surface area (Å²) in [5, 5.41) is 0. The van der Waals surface area contributed by atoms with E-state index in [9.17, 15) is 4.79 Å². The minimum absolute atomic E-state index is 0.162. The van der Waals surface area contributed by atoms with Gasteiger partial charge in [0, 0.05) is 36.9 Å². The van der Waals surface area contributed by atoms with Crippen LogP contribution in [0.25, 0.3) is 22.3 Å². The van der Waals surface area contributed by atoms with E-state index in [-0.39, 0.29) is 5.91 Å². The third-order valence-electron chi connectivity index (χ3n) is 6.65. The fourth-order valence-electron chi connectivity index (χ4n) is 4.92. The summed E-state index contributed by atoms with van der Waals surface area (Å²) in [6, 6.07) is 11.2. The molecule has 0 bridgehead atoms. The molecule has 0 spiro atoms. The average Bonchev–Trinajstić information content (AvgIpc) is 3.45. The monoisotopic (exact) mass is 390 g/mol. The molecule has 5 rings (SSSR count). The van der Waals surface area contributed by atoms with Gasteiger partial charge in [-0.3, -0.25) is 4.79 Å². The van der Waals surface area contributed by atoms with Crippen molar-refractivity contribution >= 4 is 16.9 Å². The molecule has 0 unspecified atom stereocenters. The highest BCUT2D eigenvalue weighted by molar-refractivity contribution is 5.95. The molecule has 2 aliphatic rings. The Hall–Kier alpha value is -2.56. The van der Waals surface area contributed by atoms with Crippen LogP contribution in [0, 0.1) is 5.92 Å². The molecule has 0 N–H and O–H groups in total. The quantitative estimate of drug-likeness (QED) is 0.607. The van der Waals surface area contributed by atoms with Crippen LogP contribution in [0.2, 0.25) is 0 Å². The minimum atomic E-state index is 0.162. The number of hydrogen-bond acceptors (Lipinski definition) is 2. The Morgan fingerprint density at radius 2 is 1.86 bits per heavy atom. The van der Waals surface area contributed by atoms with Gasteiger partial charge in [-0.25, -0.2) is 4.98 Å². The highest BCUT2D eigenvalue weighted by atomic mass is 16.2. The first kappa shape index (κ1) is 18.5. The SMILES string of the molecule is CC(C)CCN1CCn2c(ccc2-c2ccc3c(c2)ncn3C2CCCC2)C1=O. The second kappa shape index (κ2) is 7.36. The van der Waals surface area contributed by atoms with Gasteiger partial charge in [0.15, 0.2) is 0 Å². The third-order valence-corrected chi connectivity index (χ3v) is 6.65. The van der Waals surface area contributed by atoms with Gasteiger partial charge in [0.1, 0.15) is 5.69 Å². The molecular weight excluding hydrogens is 360 g/mol. The van der Waals surface area contributed by atoms with Crippen LogP contribution in [-0.2, 0) is 6.54 Å². The van der Waals surface area contributed by atoms with Gasteiger partial charge in [0.25, 0.3) is 5.91 Å². The Morgan fingerprint density at radius 3 is 2.66 bits per heavy atom. The molecule has 1 amide bonds. The van der Waals surface area contributed by atoms with Crippen molar-refractivity contribution in [3.8, 4) is 11.3 Å². The van der Waals surface area contributed by atoms with Crippen LogP contribution >= 0.6 is 0 Å². The molecule has 5 heteroatoms. The number of fused-ring (bicyclic) bond motifs is 2. The van der Waals surface area contributed by atoms with Crippen LogP contribution in [0.15, 0.2) is 36.7 Å². The van der Waals surface area contributed by atoms with E-state index >= 15 is 0 Å². The molecule has 1 saturated carbocycles. The molecule has 2 aromatic heterocycles. The summed E-state index contributed by atoms with van der Waals surface area (Å²) < 4.78 is 4.54. The lowest BCUT2D eigenvalue weighted by atomic mass is 10.1. The molecular formula is C24H30N4O. The van der Waals surface area contributed by atoms with Gasteiger partial charge in [0.2, 0.25) is 0 Å². The summed E-state index contributed by atoms with van der Waals surface area (Å²) in [6.45, 7) is 6.91. The fourth-order valence-corrected chi connectivity index (χ4v) is 4.92. The van der Waals surface area contributed by atoms with Gasteiger partial charge in [-0.05, 0) is 49.4 Å². The maximum Gasteiger partial charge on any atom is 0.270 e. The van der Waals surface area contributed by atoms with E-state index in [4.69, 9.17) is 4.98 Å². The Bertz CT molecular complexity index is 1040. The van der Waals surface area contributed by atoms with Crippen LogP contribution in [-0.4, -0.2) is 38.0 Å². The van der Waals surface area contributed by atoms with Crippen LogP contribution in [0.3, 0.4) is 0 Å². The largest absolute Gasteiger partial charge is 0.336 e. The number of carbonyl (C=O) groups is 1. The number of aromatic nitrogens is 3. The summed E-state index contributed by atoms with van der Waals surface area (Å²) in [6.07, 6.45) is 8.22. The van der Waals surface area contributed by atoms with Gasteiger partial charge in [-0.2, -0.15) is 0 Å². The number of amides is 1. The lowest BCUT2D eigenvalue weighted by Crippen LogP contribution is -2.41. The molecule has 1 fully saturated rings. The predicted octanol–water partition coefficient (Wildman–Crippen LogP) is 5.12. The first-order valence-electron chi connectivity index (χ1n) is 11.1. The van der Waals surface area contributed by atoms with Gasteiger partial charge in [-0.15, -0.1) is 0 Å². The van der Waals surface area contributed by atoms with Gasteiger partial charge in [-0.1, -0.05) is 32.8 Å². The van der Waals surface area contributed by atoms with Gasteiger partial charge in [0.05, 0.1) is 17.4 Å². The lowest BCUT2D eigenvalue weighted by molar-refractivity contribution is 0.0697. The Balaban J connectivity index is 1.43. The number of hydrogen-bond donors (Lipinski definition) is 0. The first-order chi connectivity index (χ1) is 14.1. The molecule has 5 nitrogen and oxygen atoms in total. The van der Waals surface area contributed by atoms with E-state index in [2.05, 4.69) is 47.2 Å². The number of benzene rings is 1. The molecule has 152 valence electrons. The van der Waals surface area contributed by atoms with Crippen molar-refractivity contribution in [2.75, 3.05) is 13.1 Å². The normalized spacial score (nSPS) is 17.6.